The Morgan fingerprint density at radius 1 is 1.38 bits per heavy atom. The smallest absolute Gasteiger partial charge is 0.0630 e. The van der Waals surface area contributed by atoms with E-state index in [4.69, 9.17) is 10.5 Å². The van der Waals surface area contributed by atoms with Gasteiger partial charge in [0.1, 0.15) is 0 Å². The molecule has 0 aliphatic carbocycles. The van der Waals surface area contributed by atoms with Crippen molar-refractivity contribution in [2.24, 2.45) is 5.73 Å². The molecule has 80 valence electrons. The average Bonchev–Trinajstić information content (AvgIpc) is 2.03. The van der Waals surface area contributed by atoms with Crippen LogP contribution in [0.1, 0.15) is 33.6 Å². The molecule has 0 aliphatic heterocycles. The number of ether oxygens (including phenoxy) is 1. The van der Waals surface area contributed by atoms with Crippen molar-refractivity contribution < 1.29 is 4.74 Å². The Hall–Kier alpha value is 0.270. The molecular weight excluding hydrogens is 182 g/mol. The molecule has 0 rings (SSSR count). The quantitative estimate of drug-likeness (QED) is 0.648. The second kappa shape index (κ2) is 6.68. The van der Waals surface area contributed by atoms with Gasteiger partial charge in [-0.25, -0.2) is 0 Å². The van der Waals surface area contributed by atoms with Crippen molar-refractivity contribution in [3.8, 4) is 0 Å². The first-order valence-corrected chi connectivity index (χ1v) is 6.02. The molecule has 0 bridgehead atoms. The van der Waals surface area contributed by atoms with Crippen molar-refractivity contribution in [1.29, 1.82) is 0 Å². The number of hydrogen-bond donors (Lipinski definition) is 1. The van der Waals surface area contributed by atoms with Crippen LogP contribution in [0, 0.1) is 0 Å². The highest BCUT2D eigenvalue weighted by Gasteiger charge is 2.15. The average molecular weight is 205 g/mol. The molecule has 1 unspecified atom stereocenters. The van der Waals surface area contributed by atoms with Crippen LogP contribution in [0.15, 0.2) is 0 Å². The van der Waals surface area contributed by atoms with Gasteiger partial charge < -0.3 is 10.5 Å². The fraction of sp³-hybridized carbons (Fsp3) is 1.00. The lowest BCUT2D eigenvalue weighted by molar-refractivity contribution is 0.0207. The highest BCUT2D eigenvalue weighted by atomic mass is 32.2. The first kappa shape index (κ1) is 13.3. The van der Waals surface area contributed by atoms with Crippen LogP contribution in [0.2, 0.25) is 0 Å². The third-order valence-corrected chi connectivity index (χ3v) is 3.14. The van der Waals surface area contributed by atoms with Gasteiger partial charge in [0.15, 0.2) is 0 Å². The van der Waals surface area contributed by atoms with Gasteiger partial charge in [0.05, 0.1) is 5.60 Å². The zero-order valence-electron chi connectivity index (χ0n) is 9.30. The van der Waals surface area contributed by atoms with E-state index in [0.29, 0.717) is 6.04 Å². The van der Waals surface area contributed by atoms with Crippen molar-refractivity contribution >= 4 is 11.8 Å². The summed E-state index contributed by atoms with van der Waals surface area (Å²) in [5, 5.41) is 0. The Morgan fingerprint density at radius 2 is 2.00 bits per heavy atom. The largest absolute Gasteiger partial charge is 0.379 e. The second-order valence-electron chi connectivity index (χ2n) is 4.09. The minimum absolute atomic E-state index is 0.0291. The van der Waals surface area contributed by atoms with Gasteiger partial charge in [-0.3, -0.25) is 0 Å². The van der Waals surface area contributed by atoms with Crippen LogP contribution in [-0.4, -0.2) is 30.3 Å². The third kappa shape index (κ3) is 8.60. The molecular formula is C10H23NOS. The molecule has 13 heavy (non-hydrogen) atoms. The molecule has 2 N–H and O–H groups in total. The molecule has 2 nitrogen and oxygen atoms in total. The van der Waals surface area contributed by atoms with Gasteiger partial charge in [-0.15, -0.1) is 0 Å². The van der Waals surface area contributed by atoms with Gasteiger partial charge in [-0.1, -0.05) is 0 Å². The Kier molecular flexibility index (Phi) is 6.82. The van der Waals surface area contributed by atoms with Gasteiger partial charge in [-0.05, 0) is 45.1 Å². The molecule has 0 spiro atoms. The van der Waals surface area contributed by atoms with Crippen LogP contribution in [0.3, 0.4) is 0 Å². The van der Waals surface area contributed by atoms with E-state index in [-0.39, 0.29) is 5.60 Å². The zero-order valence-corrected chi connectivity index (χ0v) is 10.1. The molecule has 0 aliphatic rings. The highest BCUT2D eigenvalue weighted by molar-refractivity contribution is 7.99. The Balaban J connectivity index is 3.26. The summed E-state index contributed by atoms with van der Waals surface area (Å²) < 4.78 is 5.33. The summed E-state index contributed by atoms with van der Waals surface area (Å²) in [4.78, 5) is 0. The molecule has 0 aromatic carbocycles. The van der Waals surface area contributed by atoms with E-state index in [9.17, 15) is 0 Å². The fourth-order valence-corrected chi connectivity index (χ4v) is 2.17. The number of nitrogens with two attached hydrogens (primary N) is 1. The molecule has 0 saturated heterocycles. The van der Waals surface area contributed by atoms with Crippen molar-refractivity contribution in [2.75, 3.05) is 18.6 Å². The van der Waals surface area contributed by atoms with Crippen LogP contribution in [0.25, 0.3) is 0 Å². The summed E-state index contributed by atoms with van der Waals surface area (Å²) in [6.45, 7) is 6.30. The normalized spacial score (nSPS) is 14.5. The van der Waals surface area contributed by atoms with Gasteiger partial charge in [0.2, 0.25) is 0 Å². The maximum Gasteiger partial charge on any atom is 0.0630 e. The number of methoxy groups -OCH3 is 1. The molecule has 0 fully saturated rings. The van der Waals surface area contributed by atoms with Crippen LogP contribution in [0.4, 0.5) is 0 Å². The van der Waals surface area contributed by atoms with E-state index in [0.717, 1.165) is 24.3 Å². The molecule has 0 heterocycles. The molecule has 0 aromatic heterocycles. The lowest BCUT2D eigenvalue weighted by Crippen LogP contribution is -2.23. The first-order valence-electron chi connectivity index (χ1n) is 4.86. The minimum Gasteiger partial charge on any atom is -0.379 e. The van der Waals surface area contributed by atoms with Crippen molar-refractivity contribution in [1.82, 2.24) is 0 Å². The summed E-state index contributed by atoms with van der Waals surface area (Å²) in [7, 11) is 1.77. The molecule has 1 atom stereocenters. The van der Waals surface area contributed by atoms with E-state index in [1.165, 1.54) is 0 Å². The lowest BCUT2D eigenvalue weighted by Gasteiger charge is -2.22. The van der Waals surface area contributed by atoms with Gasteiger partial charge in [0.25, 0.3) is 0 Å². The third-order valence-electron chi connectivity index (χ3n) is 2.12. The van der Waals surface area contributed by atoms with Crippen LogP contribution >= 0.6 is 11.8 Å². The second-order valence-corrected chi connectivity index (χ2v) is 5.32. The number of rotatable bonds is 7. The number of thioether (sulfide) groups is 1. The lowest BCUT2D eigenvalue weighted by atomic mass is 10.1. The van der Waals surface area contributed by atoms with E-state index < -0.39 is 0 Å². The SMILES string of the molecule is COC(C)(C)CCSCCC(C)N. The fourth-order valence-electron chi connectivity index (χ4n) is 0.791. The van der Waals surface area contributed by atoms with Crippen LogP contribution in [-0.2, 0) is 4.74 Å². The monoisotopic (exact) mass is 205 g/mol. The van der Waals surface area contributed by atoms with Crippen molar-refractivity contribution in [2.45, 2.75) is 45.3 Å². The molecule has 0 aromatic rings. The standard InChI is InChI=1S/C10H23NOS/c1-9(11)5-7-13-8-6-10(2,3)12-4/h9H,5-8,11H2,1-4H3. The van der Waals surface area contributed by atoms with E-state index >= 15 is 0 Å². The van der Waals surface area contributed by atoms with Gasteiger partial charge in [-0.2, -0.15) is 11.8 Å². The van der Waals surface area contributed by atoms with Gasteiger partial charge >= 0.3 is 0 Å². The Bertz CT molecular complexity index is 126. The highest BCUT2D eigenvalue weighted by Crippen LogP contribution is 2.17. The molecule has 0 amide bonds. The number of hydrogen-bond acceptors (Lipinski definition) is 3. The predicted molar refractivity (Wildman–Crippen MR) is 61.3 cm³/mol. The predicted octanol–water partition coefficient (Wildman–Crippen LogP) is 2.27. The maximum atomic E-state index is 5.65. The summed E-state index contributed by atoms with van der Waals surface area (Å²) in [5.74, 6) is 2.32. The summed E-state index contributed by atoms with van der Waals surface area (Å²) in [6, 6.07) is 0.336. The minimum atomic E-state index is 0.0291. The molecule has 3 heteroatoms. The Labute approximate surface area is 86.6 Å². The maximum absolute atomic E-state index is 5.65. The van der Waals surface area contributed by atoms with Crippen molar-refractivity contribution in [3.05, 3.63) is 0 Å². The summed E-state index contributed by atoms with van der Waals surface area (Å²) >= 11 is 1.96. The zero-order chi connectivity index (χ0) is 10.3. The molecule has 0 saturated carbocycles. The van der Waals surface area contributed by atoms with Crippen LogP contribution in [0.5, 0.6) is 0 Å². The summed E-state index contributed by atoms with van der Waals surface area (Å²) in [5.41, 5.74) is 5.68. The molecule has 0 radical (unpaired) electrons. The van der Waals surface area contributed by atoms with E-state index in [1.807, 2.05) is 11.8 Å². The van der Waals surface area contributed by atoms with Gasteiger partial charge in [0, 0.05) is 13.2 Å². The van der Waals surface area contributed by atoms with E-state index in [1.54, 1.807) is 7.11 Å². The van der Waals surface area contributed by atoms with Crippen molar-refractivity contribution in [3.63, 3.8) is 0 Å². The Morgan fingerprint density at radius 3 is 2.46 bits per heavy atom. The topological polar surface area (TPSA) is 35.2 Å². The summed E-state index contributed by atoms with van der Waals surface area (Å²) in [6.07, 6.45) is 2.21. The van der Waals surface area contributed by atoms with Crippen LogP contribution < -0.4 is 5.73 Å². The first-order chi connectivity index (χ1) is 5.98. The van der Waals surface area contributed by atoms with E-state index in [2.05, 4.69) is 20.8 Å².